The van der Waals surface area contributed by atoms with E-state index in [1.165, 1.54) is 0 Å². The van der Waals surface area contributed by atoms with Crippen LogP contribution >= 0.6 is 0 Å². The van der Waals surface area contributed by atoms with E-state index < -0.39 is 18.5 Å². The normalized spacial score (nSPS) is 14.9. The Morgan fingerprint density at radius 1 is 0.735 bits per heavy atom. The van der Waals surface area contributed by atoms with Gasteiger partial charge in [0.2, 0.25) is 0 Å². The summed E-state index contributed by atoms with van der Waals surface area (Å²) in [5.74, 6) is 1.32. The molecule has 182 valence electrons. The number of para-hydroxylation sites is 1. The summed E-state index contributed by atoms with van der Waals surface area (Å²) in [7, 11) is 0. The van der Waals surface area contributed by atoms with Crippen molar-refractivity contribution in [3.8, 4) is 11.5 Å². The van der Waals surface area contributed by atoms with Crippen LogP contribution < -0.4 is 9.47 Å². The van der Waals surface area contributed by atoms with Crippen molar-refractivity contribution in [3.05, 3.63) is 96.1 Å². The fraction of sp³-hybridized carbons (Fsp3) is 0.357. The quantitative estimate of drug-likeness (QED) is 0.333. The van der Waals surface area contributed by atoms with Gasteiger partial charge in [-0.2, -0.15) is 0 Å². The third kappa shape index (κ3) is 8.47. The van der Waals surface area contributed by atoms with Gasteiger partial charge in [-0.15, -0.1) is 0 Å². The Labute approximate surface area is 202 Å². The minimum absolute atomic E-state index is 0.0493. The molecule has 6 heteroatoms. The number of nitrogens with zero attached hydrogens (tertiary/aromatic N) is 1. The smallest absolute Gasteiger partial charge is 0.194 e. The number of hydrogen-bond donors (Lipinski definition) is 3. The molecule has 3 aromatic carbocycles. The van der Waals surface area contributed by atoms with E-state index in [0.29, 0.717) is 24.6 Å². The Morgan fingerprint density at radius 2 is 1.35 bits per heavy atom. The second-order valence-corrected chi connectivity index (χ2v) is 8.57. The van der Waals surface area contributed by atoms with E-state index in [1.807, 2.05) is 84.9 Å². The van der Waals surface area contributed by atoms with Gasteiger partial charge in [-0.05, 0) is 55.7 Å². The molecule has 34 heavy (non-hydrogen) atoms. The van der Waals surface area contributed by atoms with Gasteiger partial charge in [0.15, 0.2) is 6.29 Å². The van der Waals surface area contributed by atoms with Gasteiger partial charge >= 0.3 is 0 Å². The minimum atomic E-state index is -0.862. The van der Waals surface area contributed by atoms with E-state index in [4.69, 9.17) is 9.47 Å². The van der Waals surface area contributed by atoms with E-state index in [0.717, 1.165) is 17.5 Å². The molecule has 0 aliphatic rings. The third-order valence-electron chi connectivity index (χ3n) is 5.61. The van der Waals surface area contributed by atoms with Crippen LogP contribution in [0.25, 0.3) is 0 Å². The maximum atomic E-state index is 10.9. The van der Waals surface area contributed by atoms with Gasteiger partial charge in [0.25, 0.3) is 0 Å². The molecule has 0 radical (unpaired) electrons. The topological polar surface area (TPSA) is 82.4 Å². The Balaban J connectivity index is 1.65. The largest absolute Gasteiger partial charge is 0.491 e. The van der Waals surface area contributed by atoms with Crippen LogP contribution in [0.2, 0.25) is 0 Å². The number of rotatable bonds is 13. The molecule has 0 aromatic heterocycles. The summed E-state index contributed by atoms with van der Waals surface area (Å²) >= 11 is 0. The van der Waals surface area contributed by atoms with E-state index in [-0.39, 0.29) is 12.6 Å². The molecule has 3 N–H and O–H groups in total. The molecular weight excluding hydrogens is 430 g/mol. The fourth-order valence-corrected chi connectivity index (χ4v) is 3.84. The van der Waals surface area contributed by atoms with Gasteiger partial charge in [0.05, 0.1) is 6.10 Å². The zero-order valence-electron chi connectivity index (χ0n) is 19.8. The van der Waals surface area contributed by atoms with Crippen molar-refractivity contribution < 1.29 is 24.8 Å². The van der Waals surface area contributed by atoms with E-state index in [1.54, 1.807) is 6.92 Å². The SMILES string of the molecule is CC(O)Oc1ccc(C[C@@H](C)N(C[C@H](O)COc2ccccc2)C[C@H](O)c2ccccc2)cc1. The predicted octanol–water partition coefficient (Wildman–Crippen LogP) is 3.81. The highest BCUT2D eigenvalue weighted by atomic mass is 16.6. The van der Waals surface area contributed by atoms with Gasteiger partial charge in [0.1, 0.15) is 24.2 Å². The molecule has 0 spiro atoms. The molecule has 3 rings (SSSR count). The molecule has 0 aliphatic heterocycles. The Hall–Kier alpha value is -2.90. The molecule has 0 saturated carbocycles. The molecule has 4 atom stereocenters. The first-order chi connectivity index (χ1) is 16.4. The fourth-order valence-electron chi connectivity index (χ4n) is 3.84. The van der Waals surface area contributed by atoms with Crippen LogP contribution in [0, 0.1) is 0 Å². The number of ether oxygens (including phenoxy) is 2. The number of aliphatic hydroxyl groups is 3. The van der Waals surface area contributed by atoms with E-state index in [9.17, 15) is 15.3 Å². The molecular formula is C28H35NO5. The summed E-state index contributed by atoms with van der Waals surface area (Å²) in [5, 5.41) is 30.9. The summed E-state index contributed by atoms with van der Waals surface area (Å²) in [5.41, 5.74) is 1.94. The van der Waals surface area contributed by atoms with Crippen LogP contribution in [0.5, 0.6) is 11.5 Å². The molecule has 0 amide bonds. The zero-order chi connectivity index (χ0) is 24.3. The second kappa shape index (κ2) is 13.1. The van der Waals surface area contributed by atoms with Crippen molar-refractivity contribution in [2.45, 2.75) is 44.8 Å². The highest BCUT2D eigenvalue weighted by molar-refractivity contribution is 5.28. The maximum absolute atomic E-state index is 10.9. The Morgan fingerprint density at radius 3 is 1.97 bits per heavy atom. The first-order valence-corrected chi connectivity index (χ1v) is 11.7. The molecule has 0 saturated heterocycles. The zero-order valence-corrected chi connectivity index (χ0v) is 19.8. The van der Waals surface area contributed by atoms with Crippen molar-refractivity contribution in [2.24, 2.45) is 0 Å². The minimum Gasteiger partial charge on any atom is -0.491 e. The summed E-state index contributed by atoms with van der Waals surface area (Å²) in [6.07, 6.45) is -1.53. The third-order valence-corrected chi connectivity index (χ3v) is 5.61. The van der Waals surface area contributed by atoms with Crippen LogP contribution in [0.1, 0.15) is 31.1 Å². The number of benzene rings is 3. The molecule has 0 bridgehead atoms. The standard InChI is InChI=1S/C28H35NO5/c1-21(17-23-13-15-27(16-14-23)34-22(2)30)29(19-28(32)24-9-5-3-6-10-24)18-25(31)20-33-26-11-7-4-8-12-26/h3-16,21-22,25,28,30-32H,17-20H2,1-2H3/t21-,22?,25+,28+/m1/s1. The molecule has 1 unspecified atom stereocenters. The lowest BCUT2D eigenvalue weighted by Gasteiger charge is -2.33. The Bertz CT molecular complexity index is 950. The lowest BCUT2D eigenvalue weighted by molar-refractivity contribution is -0.000311. The maximum Gasteiger partial charge on any atom is 0.194 e. The molecule has 0 heterocycles. The second-order valence-electron chi connectivity index (χ2n) is 8.57. The van der Waals surface area contributed by atoms with Crippen molar-refractivity contribution in [1.29, 1.82) is 0 Å². The Kier molecular flexibility index (Phi) is 9.91. The van der Waals surface area contributed by atoms with Gasteiger partial charge in [-0.1, -0.05) is 60.7 Å². The van der Waals surface area contributed by atoms with Crippen LogP contribution in [-0.4, -0.2) is 58.4 Å². The first kappa shape index (κ1) is 25.7. The van der Waals surface area contributed by atoms with Crippen molar-refractivity contribution in [1.82, 2.24) is 4.90 Å². The van der Waals surface area contributed by atoms with Gasteiger partial charge in [-0.3, -0.25) is 4.90 Å². The van der Waals surface area contributed by atoms with Gasteiger partial charge in [-0.25, -0.2) is 0 Å². The van der Waals surface area contributed by atoms with Gasteiger partial charge in [0, 0.05) is 19.1 Å². The number of hydrogen-bond acceptors (Lipinski definition) is 6. The average molecular weight is 466 g/mol. The van der Waals surface area contributed by atoms with Gasteiger partial charge < -0.3 is 24.8 Å². The van der Waals surface area contributed by atoms with Crippen molar-refractivity contribution in [2.75, 3.05) is 19.7 Å². The van der Waals surface area contributed by atoms with E-state index in [2.05, 4.69) is 11.8 Å². The van der Waals surface area contributed by atoms with Crippen LogP contribution in [0.15, 0.2) is 84.9 Å². The summed E-state index contributed by atoms with van der Waals surface area (Å²) < 4.78 is 11.0. The average Bonchev–Trinajstić information content (AvgIpc) is 2.84. The number of aliphatic hydroxyl groups excluding tert-OH is 3. The monoisotopic (exact) mass is 465 g/mol. The molecule has 3 aromatic rings. The lowest BCUT2D eigenvalue weighted by Crippen LogP contribution is -2.44. The highest BCUT2D eigenvalue weighted by Gasteiger charge is 2.22. The lowest BCUT2D eigenvalue weighted by atomic mass is 10.0. The van der Waals surface area contributed by atoms with Crippen LogP contribution in [-0.2, 0) is 6.42 Å². The van der Waals surface area contributed by atoms with Crippen LogP contribution in [0.3, 0.4) is 0 Å². The summed E-state index contributed by atoms with van der Waals surface area (Å²) in [6.45, 7) is 4.57. The first-order valence-electron chi connectivity index (χ1n) is 11.7. The molecule has 0 fully saturated rings. The van der Waals surface area contributed by atoms with Crippen molar-refractivity contribution in [3.63, 3.8) is 0 Å². The van der Waals surface area contributed by atoms with Crippen molar-refractivity contribution >= 4 is 0 Å². The summed E-state index contributed by atoms with van der Waals surface area (Å²) in [6, 6.07) is 26.6. The van der Waals surface area contributed by atoms with E-state index >= 15 is 0 Å². The highest BCUT2D eigenvalue weighted by Crippen LogP contribution is 2.20. The predicted molar refractivity (Wildman–Crippen MR) is 133 cm³/mol. The summed E-state index contributed by atoms with van der Waals surface area (Å²) in [4.78, 5) is 2.09. The van der Waals surface area contributed by atoms with Crippen LogP contribution in [0.4, 0.5) is 0 Å². The molecule has 0 aliphatic carbocycles. The molecule has 6 nitrogen and oxygen atoms in total.